The number of hydrogen-bond acceptors (Lipinski definition) is 4. The molecule has 0 bridgehead atoms. The third kappa shape index (κ3) is 5.50. The molecule has 4 aromatic rings. The van der Waals surface area contributed by atoms with Crippen LogP contribution in [0.2, 0.25) is 5.15 Å². The van der Waals surface area contributed by atoms with E-state index < -0.39 is 0 Å². The van der Waals surface area contributed by atoms with Crippen LogP contribution in [0.3, 0.4) is 0 Å². The molecular weight excluding hydrogens is 450 g/mol. The summed E-state index contributed by atoms with van der Waals surface area (Å²) in [6, 6.07) is 18.5. The number of nitrogens with one attached hydrogen (secondary N) is 2. The Kier molecular flexibility index (Phi) is 7.04. The van der Waals surface area contributed by atoms with Gasteiger partial charge >= 0.3 is 0 Å². The van der Waals surface area contributed by atoms with Gasteiger partial charge in [0.15, 0.2) is 0 Å². The summed E-state index contributed by atoms with van der Waals surface area (Å²) >= 11 is 6.53. The first kappa shape index (κ1) is 23.2. The van der Waals surface area contributed by atoms with Crippen LogP contribution < -0.4 is 10.9 Å². The summed E-state index contributed by atoms with van der Waals surface area (Å²) < 4.78 is 1.71. The molecule has 0 fully saturated rings. The van der Waals surface area contributed by atoms with E-state index in [1.54, 1.807) is 29.0 Å². The largest absolute Gasteiger partial charge is 0.322 e. The molecule has 0 atom stereocenters. The molecule has 2 aromatic heterocycles. The van der Waals surface area contributed by atoms with E-state index in [1.165, 1.54) is 12.1 Å². The van der Waals surface area contributed by atoms with Crippen molar-refractivity contribution in [2.75, 3.05) is 5.32 Å². The summed E-state index contributed by atoms with van der Waals surface area (Å²) in [7, 11) is 0. The van der Waals surface area contributed by atoms with Gasteiger partial charge in [0, 0.05) is 34.7 Å². The second kappa shape index (κ2) is 10.3. The first-order valence-corrected chi connectivity index (χ1v) is 11.3. The molecule has 2 N–H and O–H groups in total. The average molecular weight is 474 g/mol. The number of aromatic amines is 1. The number of aromatic nitrogens is 4. The Morgan fingerprint density at radius 3 is 2.71 bits per heavy atom. The quantitative estimate of drug-likeness (QED) is 0.375. The van der Waals surface area contributed by atoms with Gasteiger partial charge in [0.05, 0.1) is 12.2 Å². The highest BCUT2D eigenvalue weighted by Crippen LogP contribution is 2.23. The Morgan fingerprint density at radius 1 is 1.15 bits per heavy atom. The fraction of sp³-hybridized carbons (Fsp3) is 0.154. The smallest absolute Gasteiger partial charge is 0.251 e. The molecule has 8 heteroatoms. The number of H-pyrrole nitrogens is 1. The number of carbonyl (C=O) groups excluding carboxylic acids is 1. The zero-order valence-electron chi connectivity index (χ0n) is 18.9. The highest BCUT2D eigenvalue weighted by Gasteiger charge is 2.12. The molecule has 0 spiro atoms. The highest BCUT2D eigenvalue weighted by atomic mass is 35.5. The van der Waals surface area contributed by atoms with E-state index in [2.05, 4.69) is 20.4 Å². The van der Waals surface area contributed by atoms with Crippen LogP contribution in [0, 0.1) is 6.92 Å². The van der Waals surface area contributed by atoms with E-state index in [0.717, 1.165) is 11.3 Å². The number of anilines is 1. The van der Waals surface area contributed by atoms with Gasteiger partial charge in [-0.05, 0) is 37.1 Å². The van der Waals surface area contributed by atoms with Crippen molar-refractivity contribution in [2.24, 2.45) is 0 Å². The van der Waals surface area contributed by atoms with Gasteiger partial charge in [-0.3, -0.25) is 9.59 Å². The molecule has 2 heterocycles. The minimum Gasteiger partial charge on any atom is -0.322 e. The Balaban J connectivity index is 1.48. The van der Waals surface area contributed by atoms with E-state index in [4.69, 9.17) is 11.6 Å². The SMILES string of the molecule is CCc1cc(=O)[nH]c(-c2cccc(NC(=O)/C=C/c3c(C)nn(Cc4ccccc4)c3Cl)c2)n1. The second-order valence-corrected chi connectivity index (χ2v) is 8.13. The van der Waals surface area contributed by atoms with Gasteiger partial charge < -0.3 is 10.3 Å². The number of halogens is 1. The van der Waals surface area contributed by atoms with E-state index in [-0.39, 0.29) is 11.5 Å². The lowest BCUT2D eigenvalue weighted by Crippen LogP contribution is -2.10. The van der Waals surface area contributed by atoms with Crippen molar-refractivity contribution < 1.29 is 4.79 Å². The number of rotatable bonds is 7. The molecule has 0 aliphatic rings. The second-order valence-electron chi connectivity index (χ2n) is 7.78. The summed E-state index contributed by atoms with van der Waals surface area (Å²) in [6.07, 6.45) is 3.74. The van der Waals surface area contributed by atoms with Crippen LogP contribution in [-0.4, -0.2) is 25.7 Å². The van der Waals surface area contributed by atoms with Gasteiger partial charge in [-0.15, -0.1) is 0 Å². The first-order chi connectivity index (χ1) is 16.4. The molecule has 0 radical (unpaired) electrons. The molecule has 1 amide bonds. The zero-order chi connectivity index (χ0) is 24.1. The summed E-state index contributed by atoms with van der Waals surface area (Å²) in [4.78, 5) is 31.7. The van der Waals surface area contributed by atoms with Crippen molar-refractivity contribution >= 4 is 29.3 Å². The van der Waals surface area contributed by atoms with Gasteiger partial charge in [0.1, 0.15) is 11.0 Å². The van der Waals surface area contributed by atoms with Crippen LogP contribution in [0.4, 0.5) is 5.69 Å². The lowest BCUT2D eigenvalue weighted by atomic mass is 10.1. The minimum absolute atomic E-state index is 0.209. The lowest BCUT2D eigenvalue weighted by molar-refractivity contribution is -0.111. The summed E-state index contributed by atoms with van der Waals surface area (Å²) in [5.41, 5.74) is 4.29. The zero-order valence-corrected chi connectivity index (χ0v) is 19.6. The fourth-order valence-electron chi connectivity index (χ4n) is 3.53. The summed E-state index contributed by atoms with van der Waals surface area (Å²) in [5.74, 6) is 0.149. The van der Waals surface area contributed by atoms with Gasteiger partial charge in [-0.25, -0.2) is 9.67 Å². The number of hydrogen-bond donors (Lipinski definition) is 2. The van der Waals surface area contributed by atoms with Crippen molar-refractivity contribution in [3.05, 3.63) is 105 Å². The first-order valence-electron chi connectivity index (χ1n) is 10.9. The number of amides is 1. The van der Waals surface area contributed by atoms with Crippen LogP contribution in [0.15, 0.2) is 71.5 Å². The van der Waals surface area contributed by atoms with Crippen LogP contribution >= 0.6 is 11.6 Å². The Bertz CT molecular complexity index is 1410. The number of nitrogens with zero attached hydrogens (tertiary/aromatic N) is 3. The fourth-order valence-corrected chi connectivity index (χ4v) is 3.83. The van der Waals surface area contributed by atoms with Crippen molar-refractivity contribution in [1.82, 2.24) is 19.7 Å². The molecule has 4 rings (SSSR count). The van der Waals surface area contributed by atoms with E-state index >= 15 is 0 Å². The molecule has 0 aliphatic heterocycles. The summed E-state index contributed by atoms with van der Waals surface area (Å²) in [5, 5.41) is 7.81. The molecule has 34 heavy (non-hydrogen) atoms. The molecular formula is C26H24ClN5O2. The molecule has 7 nitrogen and oxygen atoms in total. The number of aryl methyl sites for hydroxylation is 2. The third-order valence-electron chi connectivity index (χ3n) is 5.25. The number of benzene rings is 2. The van der Waals surface area contributed by atoms with Crippen molar-refractivity contribution in [1.29, 1.82) is 0 Å². The molecule has 0 unspecified atom stereocenters. The van der Waals surface area contributed by atoms with Gasteiger partial charge in [-0.1, -0.05) is 61.0 Å². The van der Waals surface area contributed by atoms with Gasteiger partial charge in [-0.2, -0.15) is 5.10 Å². The van der Waals surface area contributed by atoms with E-state index in [1.807, 2.05) is 50.2 Å². The molecule has 2 aromatic carbocycles. The average Bonchev–Trinajstić information content (AvgIpc) is 3.10. The topological polar surface area (TPSA) is 92.7 Å². The predicted molar refractivity (Wildman–Crippen MR) is 135 cm³/mol. The molecule has 0 saturated carbocycles. The van der Waals surface area contributed by atoms with Crippen LogP contribution in [-0.2, 0) is 17.8 Å². The molecule has 0 aliphatic carbocycles. The Morgan fingerprint density at radius 2 is 1.94 bits per heavy atom. The van der Waals surface area contributed by atoms with Gasteiger partial charge in [0.2, 0.25) is 5.91 Å². The summed E-state index contributed by atoms with van der Waals surface area (Å²) in [6.45, 7) is 4.34. The van der Waals surface area contributed by atoms with Crippen molar-refractivity contribution in [2.45, 2.75) is 26.8 Å². The normalized spacial score (nSPS) is 11.1. The maximum atomic E-state index is 12.6. The third-order valence-corrected chi connectivity index (χ3v) is 5.65. The molecule has 172 valence electrons. The van der Waals surface area contributed by atoms with E-state index in [0.29, 0.717) is 46.5 Å². The van der Waals surface area contributed by atoms with Crippen molar-refractivity contribution in [3.8, 4) is 11.4 Å². The van der Waals surface area contributed by atoms with Gasteiger partial charge in [0.25, 0.3) is 5.56 Å². The number of carbonyl (C=O) groups is 1. The Labute approximate surface area is 202 Å². The maximum absolute atomic E-state index is 12.6. The monoisotopic (exact) mass is 473 g/mol. The maximum Gasteiger partial charge on any atom is 0.251 e. The van der Waals surface area contributed by atoms with Crippen LogP contribution in [0.5, 0.6) is 0 Å². The van der Waals surface area contributed by atoms with E-state index in [9.17, 15) is 9.59 Å². The lowest BCUT2D eigenvalue weighted by Gasteiger charge is -2.06. The highest BCUT2D eigenvalue weighted by molar-refractivity contribution is 6.31. The standard InChI is InChI=1S/C26H24ClN5O2/c1-3-20-15-24(34)30-26(29-20)19-10-7-11-21(14-19)28-23(33)13-12-22-17(2)31-32(25(22)27)16-18-8-5-4-6-9-18/h4-15H,3,16H2,1-2H3,(H,28,33)(H,29,30,34)/b13-12+. The predicted octanol–water partition coefficient (Wildman–Crippen LogP) is 4.86. The van der Waals surface area contributed by atoms with Crippen LogP contribution in [0.1, 0.15) is 29.4 Å². The van der Waals surface area contributed by atoms with Crippen molar-refractivity contribution in [3.63, 3.8) is 0 Å². The minimum atomic E-state index is -0.313. The molecule has 0 saturated heterocycles. The van der Waals surface area contributed by atoms with Crippen LogP contribution in [0.25, 0.3) is 17.5 Å². The Hall–Kier alpha value is -3.97.